The fourth-order valence-corrected chi connectivity index (χ4v) is 5.10. The minimum absolute atomic E-state index is 0.145. The van der Waals surface area contributed by atoms with Crippen LogP contribution in [-0.4, -0.2) is 48.9 Å². The van der Waals surface area contributed by atoms with Crippen LogP contribution >= 0.6 is 22.6 Å². The Balaban J connectivity index is 1.39. The van der Waals surface area contributed by atoms with Crippen LogP contribution in [0.25, 0.3) is 28.1 Å². The number of hydrogen-bond acceptors (Lipinski definition) is 7. The molecule has 0 radical (unpaired) electrons. The fourth-order valence-electron chi connectivity index (χ4n) is 4.47. The zero-order chi connectivity index (χ0) is 28.2. The van der Waals surface area contributed by atoms with Crippen LogP contribution < -0.4 is 16.2 Å². The van der Waals surface area contributed by atoms with Crippen LogP contribution in [0.5, 0.6) is 0 Å². The number of imidazole rings is 2. The van der Waals surface area contributed by atoms with Gasteiger partial charge in [0, 0.05) is 40.9 Å². The molecule has 1 amide bonds. The number of aliphatic hydroxyl groups is 1. The summed E-state index contributed by atoms with van der Waals surface area (Å²) < 4.78 is 7.49. The smallest absolute Gasteiger partial charge is 0.411 e. The Morgan fingerprint density at radius 1 is 1.23 bits per heavy atom. The SMILES string of the molecule is CCOC(=O)Nc1ccc(C(O)CNc2cc[nH]c(=O)c2-c2nc3c(C)cc(-n4ccnc4)cc3[nH]2)cc1CI. The lowest BCUT2D eigenvalue weighted by molar-refractivity contribution is 0.168. The Morgan fingerprint density at radius 2 is 2.08 bits per heavy atom. The monoisotopic (exact) mass is 653 g/mol. The second kappa shape index (κ2) is 11.9. The number of nitrogens with one attached hydrogen (secondary N) is 4. The summed E-state index contributed by atoms with van der Waals surface area (Å²) in [6, 6.07) is 11.1. The molecular formula is C28H28IN7O4. The summed E-state index contributed by atoms with van der Waals surface area (Å²) in [6.07, 6.45) is 5.45. The van der Waals surface area contributed by atoms with Crippen molar-refractivity contribution in [2.45, 2.75) is 24.4 Å². The van der Waals surface area contributed by atoms with E-state index in [1.807, 2.05) is 35.9 Å². The van der Waals surface area contributed by atoms with Gasteiger partial charge in [0.15, 0.2) is 0 Å². The first-order valence-electron chi connectivity index (χ1n) is 12.6. The average molecular weight is 653 g/mol. The first kappa shape index (κ1) is 27.4. The Labute approximate surface area is 243 Å². The lowest BCUT2D eigenvalue weighted by Gasteiger charge is -2.17. The van der Waals surface area contributed by atoms with E-state index in [2.05, 4.69) is 48.2 Å². The van der Waals surface area contributed by atoms with Gasteiger partial charge in [-0.1, -0.05) is 34.7 Å². The largest absolute Gasteiger partial charge is 0.450 e. The second-order valence-electron chi connectivity index (χ2n) is 9.10. The van der Waals surface area contributed by atoms with Crippen LogP contribution in [0.15, 0.2) is 66.1 Å². The number of aliphatic hydroxyl groups excluding tert-OH is 1. The number of ether oxygens (including phenoxy) is 1. The van der Waals surface area contributed by atoms with Crippen molar-refractivity contribution in [2.24, 2.45) is 0 Å². The molecule has 2 aromatic carbocycles. The summed E-state index contributed by atoms with van der Waals surface area (Å²) >= 11 is 2.20. The Kier molecular flexibility index (Phi) is 8.16. The number of carbonyl (C=O) groups is 1. The molecule has 12 heteroatoms. The zero-order valence-electron chi connectivity index (χ0n) is 21.9. The molecule has 206 valence electrons. The van der Waals surface area contributed by atoms with Crippen molar-refractivity contribution >= 4 is 51.1 Å². The number of aromatic nitrogens is 5. The average Bonchev–Trinajstić information content (AvgIpc) is 3.63. The van der Waals surface area contributed by atoms with Crippen molar-refractivity contribution in [3.05, 3.63) is 88.4 Å². The zero-order valence-corrected chi connectivity index (χ0v) is 24.0. The minimum Gasteiger partial charge on any atom is -0.450 e. The van der Waals surface area contributed by atoms with Crippen LogP contribution in [0.4, 0.5) is 16.2 Å². The molecule has 0 fully saturated rings. The summed E-state index contributed by atoms with van der Waals surface area (Å²) in [7, 11) is 0. The van der Waals surface area contributed by atoms with E-state index < -0.39 is 12.2 Å². The molecule has 5 rings (SSSR count). The fraction of sp³-hybridized carbons (Fsp3) is 0.214. The molecule has 0 bridgehead atoms. The van der Waals surface area contributed by atoms with Crippen molar-refractivity contribution < 1.29 is 14.6 Å². The Bertz CT molecular complexity index is 1710. The summed E-state index contributed by atoms with van der Waals surface area (Å²) in [5.74, 6) is 0.418. The maximum absolute atomic E-state index is 13.0. The van der Waals surface area contributed by atoms with Crippen LogP contribution in [0.1, 0.15) is 29.7 Å². The molecule has 5 N–H and O–H groups in total. The number of alkyl halides is 1. The molecule has 5 aromatic rings. The number of carbonyl (C=O) groups excluding carboxylic acids is 1. The van der Waals surface area contributed by atoms with E-state index in [9.17, 15) is 14.7 Å². The van der Waals surface area contributed by atoms with Crippen molar-refractivity contribution in [1.29, 1.82) is 0 Å². The van der Waals surface area contributed by atoms with Crippen LogP contribution in [0.3, 0.4) is 0 Å². The minimum atomic E-state index is -0.874. The third-order valence-corrected chi connectivity index (χ3v) is 7.24. The summed E-state index contributed by atoms with van der Waals surface area (Å²) in [5, 5.41) is 16.9. The van der Waals surface area contributed by atoms with E-state index in [1.54, 1.807) is 43.8 Å². The quantitative estimate of drug-likeness (QED) is 0.110. The summed E-state index contributed by atoms with van der Waals surface area (Å²) in [5.41, 5.74) is 6.15. The number of hydrogen-bond donors (Lipinski definition) is 5. The van der Waals surface area contributed by atoms with Gasteiger partial charge < -0.3 is 29.7 Å². The van der Waals surface area contributed by atoms with E-state index in [0.29, 0.717) is 32.8 Å². The molecule has 0 spiro atoms. The van der Waals surface area contributed by atoms with Crippen molar-refractivity contribution in [1.82, 2.24) is 24.5 Å². The maximum atomic E-state index is 13.0. The van der Waals surface area contributed by atoms with Gasteiger partial charge in [0.2, 0.25) is 0 Å². The van der Waals surface area contributed by atoms with Gasteiger partial charge in [-0.3, -0.25) is 10.1 Å². The van der Waals surface area contributed by atoms with Gasteiger partial charge in [-0.05, 0) is 54.8 Å². The van der Waals surface area contributed by atoms with E-state index in [4.69, 9.17) is 9.72 Å². The number of amides is 1. The lowest BCUT2D eigenvalue weighted by atomic mass is 10.0. The summed E-state index contributed by atoms with van der Waals surface area (Å²) in [6.45, 7) is 4.13. The molecule has 1 unspecified atom stereocenters. The van der Waals surface area contributed by atoms with E-state index >= 15 is 0 Å². The Hall–Kier alpha value is -4.17. The number of aromatic amines is 2. The molecule has 0 saturated heterocycles. The van der Waals surface area contributed by atoms with E-state index in [1.165, 1.54) is 0 Å². The van der Waals surface area contributed by atoms with Gasteiger partial charge in [-0.2, -0.15) is 0 Å². The highest BCUT2D eigenvalue weighted by Crippen LogP contribution is 2.29. The number of H-pyrrole nitrogens is 2. The first-order chi connectivity index (χ1) is 19.4. The number of rotatable bonds is 9. The van der Waals surface area contributed by atoms with Crippen molar-refractivity contribution in [2.75, 3.05) is 23.8 Å². The lowest BCUT2D eigenvalue weighted by Crippen LogP contribution is -2.18. The second-order valence-corrected chi connectivity index (χ2v) is 9.86. The number of nitrogens with zero attached hydrogens (tertiary/aromatic N) is 3. The third-order valence-electron chi connectivity index (χ3n) is 6.42. The van der Waals surface area contributed by atoms with Crippen molar-refractivity contribution in [3.63, 3.8) is 0 Å². The van der Waals surface area contributed by atoms with Crippen LogP contribution in [0, 0.1) is 6.92 Å². The number of halogens is 1. The molecule has 0 aliphatic rings. The molecule has 40 heavy (non-hydrogen) atoms. The highest BCUT2D eigenvalue weighted by molar-refractivity contribution is 14.1. The van der Waals surface area contributed by atoms with E-state index in [-0.39, 0.29) is 18.7 Å². The van der Waals surface area contributed by atoms with E-state index in [0.717, 1.165) is 27.8 Å². The molecule has 11 nitrogen and oxygen atoms in total. The van der Waals surface area contributed by atoms with Gasteiger partial charge in [-0.25, -0.2) is 14.8 Å². The predicted molar refractivity (Wildman–Crippen MR) is 162 cm³/mol. The van der Waals surface area contributed by atoms with Crippen LogP contribution in [0.2, 0.25) is 0 Å². The number of benzene rings is 2. The van der Waals surface area contributed by atoms with Crippen LogP contribution in [-0.2, 0) is 9.16 Å². The molecule has 1 atom stereocenters. The van der Waals surface area contributed by atoms with Gasteiger partial charge in [0.1, 0.15) is 11.4 Å². The number of fused-ring (bicyclic) bond motifs is 1. The van der Waals surface area contributed by atoms with Gasteiger partial charge in [0.25, 0.3) is 5.56 Å². The molecular weight excluding hydrogens is 625 g/mol. The number of anilines is 2. The molecule has 3 heterocycles. The molecule has 3 aromatic heterocycles. The number of aryl methyl sites for hydroxylation is 1. The highest BCUT2D eigenvalue weighted by atomic mass is 127. The predicted octanol–water partition coefficient (Wildman–Crippen LogP) is 5.06. The van der Waals surface area contributed by atoms with Gasteiger partial charge in [-0.15, -0.1) is 0 Å². The number of pyridine rings is 1. The maximum Gasteiger partial charge on any atom is 0.411 e. The normalized spacial score (nSPS) is 11.9. The topological polar surface area (TPSA) is 150 Å². The highest BCUT2D eigenvalue weighted by Gasteiger charge is 2.18. The molecule has 0 aliphatic carbocycles. The Morgan fingerprint density at radius 3 is 2.83 bits per heavy atom. The molecule has 0 saturated carbocycles. The summed E-state index contributed by atoms with van der Waals surface area (Å²) in [4.78, 5) is 39.7. The third kappa shape index (κ3) is 5.72. The first-order valence-corrected chi connectivity index (χ1v) is 14.2. The molecule has 0 aliphatic heterocycles. The van der Waals surface area contributed by atoms with Gasteiger partial charge >= 0.3 is 6.09 Å². The van der Waals surface area contributed by atoms with Gasteiger partial charge in [0.05, 0.1) is 35.8 Å². The van der Waals surface area contributed by atoms with Crippen molar-refractivity contribution in [3.8, 4) is 17.1 Å². The standard InChI is InChI=1S/C28H28IN7O4/c1-3-40-28(39)34-20-5-4-17(11-18(20)13-29)23(37)14-32-21-6-7-31-27(38)24(21)26-33-22-12-19(36-9-8-30-15-36)10-16(2)25(22)35-26/h4-12,15,23,37H,3,13-14H2,1-2H3,(H,33,35)(H,34,39)(H2,31,32,38).